The fourth-order valence-corrected chi connectivity index (χ4v) is 2.86. The lowest BCUT2D eigenvalue weighted by Crippen LogP contribution is -2.41. The van der Waals surface area contributed by atoms with Crippen LogP contribution in [0, 0.1) is 0 Å². The number of halogens is 1. The molecule has 0 unspecified atom stereocenters. The van der Waals surface area contributed by atoms with Crippen molar-refractivity contribution in [1.29, 1.82) is 0 Å². The van der Waals surface area contributed by atoms with Crippen LogP contribution in [0.2, 0.25) is 0 Å². The smallest absolute Gasteiger partial charge is 0.0138 e. The van der Waals surface area contributed by atoms with Gasteiger partial charge in [0.05, 0.1) is 0 Å². The van der Waals surface area contributed by atoms with Crippen molar-refractivity contribution in [3.05, 3.63) is 35.9 Å². The Morgan fingerprint density at radius 1 is 1.06 bits per heavy atom. The minimum atomic E-state index is 0. The van der Waals surface area contributed by atoms with Gasteiger partial charge in [0.1, 0.15) is 0 Å². The molecule has 1 fully saturated rings. The van der Waals surface area contributed by atoms with E-state index in [1.807, 2.05) is 0 Å². The molecule has 2 atom stereocenters. The van der Waals surface area contributed by atoms with Crippen LogP contribution in [0.5, 0.6) is 0 Å². The molecule has 0 spiro atoms. The van der Waals surface area contributed by atoms with Crippen molar-refractivity contribution in [3.63, 3.8) is 0 Å². The third-order valence-electron chi connectivity index (χ3n) is 3.54. The monoisotopic (exact) mass is 253 g/mol. The van der Waals surface area contributed by atoms with E-state index in [0.29, 0.717) is 12.1 Å². The van der Waals surface area contributed by atoms with Crippen LogP contribution in [0.3, 0.4) is 0 Å². The van der Waals surface area contributed by atoms with Crippen molar-refractivity contribution >= 4 is 12.4 Å². The van der Waals surface area contributed by atoms with Crippen LogP contribution in [0.25, 0.3) is 0 Å². The minimum absolute atomic E-state index is 0. The maximum Gasteiger partial charge on any atom is 0.0138 e. The van der Waals surface area contributed by atoms with Gasteiger partial charge < -0.3 is 5.32 Å². The van der Waals surface area contributed by atoms with Gasteiger partial charge in [0.2, 0.25) is 0 Å². The molecule has 1 nitrogen and oxygen atoms in total. The van der Waals surface area contributed by atoms with Crippen LogP contribution in [0.4, 0.5) is 0 Å². The lowest BCUT2D eigenvalue weighted by molar-refractivity contribution is 0.310. The van der Waals surface area contributed by atoms with Gasteiger partial charge in [-0.1, -0.05) is 57.0 Å². The molecule has 1 aromatic carbocycles. The SMILES string of the molecule is CC(C)N[C@@H]1CCCC[C@H]1c1ccccc1.Cl. The maximum atomic E-state index is 3.73. The van der Waals surface area contributed by atoms with E-state index in [1.54, 1.807) is 0 Å². The average Bonchev–Trinajstić information content (AvgIpc) is 2.30. The van der Waals surface area contributed by atoms with Crippen molar-refractivity contribution in [3.8, 4) is 0 Å². The maximum absolute atomic E-state index is 3.73. The number of hydrogen-bond donors (Lipinski definition) is 1. The zero-order chi connectivity index (χ0) is 11.4. The van der Waals surface area contributed by atoms with Crippen LogP contribution in [-0.2, 0) is 0 Å². The second-order valence-electron chi connectivity index (χ2n) is 5.23. The van der Waals surface area contributed by atoms with Gasteiger partial charge in [-0.3, -0.25) is 0 Å². The third-order valence-corrected chi connectivity index (χ3v) is 3.54. The van der Waals surface area contributed by atoms with E-state index in [2.05, 4.69) is 49.5 Å². The average molecular weight is 254 g/mol. The van der Waals surface area contributed by atoms with Gasteiger partial charge in [-0.05, 0) is 24.3 Å². The molecule has 1 aromatic rings. The van der Waals surface area contributed by atoms with Gasteiger partial charge in [0.25, 0.3) is 0 Å². The third kappa shape index (κ3) is 4.01. The largest absolute Gasteiger partial charge is 0.311 e. The molecule has 0 bridgehead atoms. The van der Waals surface area contributed by atoms with Crippen LogP contribution in [0.15, 0.2) is 30.3 Å². The summed E-state index contributed by atoms with van der Waals surface area (Å²) >= 11 is 0. The van der Waals surface area contributed by atoms with Crippen LogP contribution >= 0.6 is 12.4 Å². The highest BCUT2D eigenvalue weighted by Gasteiger charge is 2.26. The van der Waals surface area contributed by atoms with Crippen LogP contribution in [-0.4, -0.2) is 12.1 Å². The fourth-order valence-electron chi connectivity index (χ4n) is 2.86. The Hall–Kier alpha value is -0.530. The standard InChI is InChI=1S/C15H23N.ClH/c1-12(2)16-15-11-7-6-10-14(15)13-8-4-3-5-9-13;/h3-5,8-9,12,14-16H,6-7,10-11H2,1-2H3;1H/t14-,15+;/m0./s1. The summed E-state index contributed by atoms with van der Waals surface area (Å²) in [7, 11) is 0. The predicted molar refractivity (Wildman–Crippen MR) is 77.0 cm³/mol. The van der Waals surface area contributed by atoms with E-state index >= 15 is 0 Å². The minimum Gasteiger partial charge on any atom is -0.311 e. The van der Waals surface area contributed by atoms with Gasteiger partial charge in [-0.25, -0.2) is 0 Å². The van der Waals surface area contributed by atoms with Crippen molar-refractivity contribution in [2.24, 2.45) is 0 Å². The Bertz CT molecular complexity index is 310. The summed E-state index contributed by atoms with van der Waals surface area (Å²) in [4.78, 5) is 0. The first-order valence-corrected chi connectivity index (χ1v) is 6.58. The van der Waals surface area contributed by atoms with E-state index in [9.17, 15) is 0 Å². The normalized spacial score (nSPS) is 24.4. The highest BCUT2D eigenvalue weighted by molar-refractivity contribution is 5.85. The summed E-state index contributed by atoms with van der Waals surface area (Å²) in [5, 5.41) is 3.73. The Kier molecular flexibility index (Phi) is 6.01. The fraction of sp³-hybridized carbons (Fsp3) is 0.600. The molecular formula is C15H24ClN. The van der Waals surface area contributed by atoms with Crippen molar-refractivity contribution in [2.75, 3.05) is 0 Å². The van der Waals surface area contributed by atoms with Crippen molar-refractivity contribution in [2.45, 2.75) is 57.5 Å². The Morgan fingerprint density at radius 2 is 1.71 bits per heavy atom. The van der Waals surface area contributed by atoms with Gasteiger partial charge in [-0.2, -0.15) is 0 Å². The Morgan fingerprint density at radius 3 is 2.35 bits per heavy atom. The number of rotatable bonds is 3. The number of benzene rings is 1. The number of nitrogens with one attached hydrogen (secondary N) is 1. The molecule has 0 aromatic heterocycles. The van der Waals surface area contributed by atoms with Gasteiger partial charge in [0.15, 0.2) is 0 Å². The van der Waals surface area contributed by atoms with Crippen molar-refractivity contribution < 1.29 is 0 Å². The zero-order valence-electron chi connectivity index (χ0n) is 10.9. The predicted octanol–water partition coefficient (Wildman–Crippen LogP) is 4.13. The summed E-state index contributed by atoms with van der Waals surface area (Å²) in [6.07, 6.45) is 5.44. The molecule has 1 aliphatic rings. The molecule has 0 amide bonds. The first-order valence-electron chi connectivity index (χ1n) is 6.58. The molecule has 2 heteroatoms. The van der Waals surface area contributed by atoms with Crippen LogP contribution < -0.4 is 5.32 Å². The van der Waals surface area contributed by atoms with E-state index in [4.69, 9.17) is 0 Å². The number of hydrogen-bond acceptors (Lipinski definition) is 1. The summed E-state index contributed by atoms with van der Waals surface area (Å²) in [5.41, 5.74) is 1.51. The van der Waals surface area contributed by atoms with E-state index in [-0.39, 0.29) is 12.4 Å². The molecule has 1 N–H and O–H groups in total. The highest BCUT2D eigenvalue weighted by Crippen LogP contribution is 2.33. The second kappa shape index (κ2) is 7.03. The van der Waals surface area contributed by atoms with Crippen LogP contribution in [0.1, 0.15) is 51.0 Å². The molecule has 0 radical (unpaired) electrons. The molecule has 2 rings (SSSR count). The van der Waals surface area contributed by atoms with Gasteiger partial charge in [-0.15, -0.1) is 12.4 Å². The van der Waals surface area contributed by atoms with E-state index in [0.717, 1.165) is 5.92 Å². The molecule has 1 saturated carbocycles. The second-order valence-corrected chi connectivity index (χ2v) is 5.23. The summed E-state index contributed by atoms with van der Waals surface area (Å²) in [6, 6.07) is 12.3. The topological polar surface area (TPSA) is 12.0 Å². The molecule has 0 heterocycles. The van der Waals surface area contributed by atoms with E-state index < -0.39 is 0 Å². The molecular weight excluding hydrogens is 230 g/mol. The van der Waals surface area contributed by atoms with Crippen molar-refractivity contribution in [1.82, 2.24) is 5.32 Å². The lowest BCUT2D eigenvalue weighted by Gasteiger charge is -2.34. The molecule has 0 aliphatic heterocycles. The molecule has 17 heavy (non-hydrogen) atoms. The van der Waals surface area contributed by atoms with E-state index in [1.165, 1.54) is 31.2 Å². The molecule has 96 valence electrons. The van der Waals surface area contributed by atoms with Gasteiger partial charge >= 0.3 is 0 Å². The Balaban J connectivity index is 0.00000144. The summed E-state index contributed by atoms with van der Waals surface area (Å²) < 4.78 is 0. The quantitative estimate of drug-likeness (QED) is 0.854. The zero-order valence-corrected chi connectivity index (χ0v) is 11.7. The summed E-state index contributed by atoms with van der Waals surface area (Å²) in [5.74, 6) is 0.720. The highest BCUT2D eigenvalue weighted by atomic mass is 35.5. The molecule has 1 aliphatic carbocycles. The molecule has 0 saturated heterocycles. The Labute approximate surface area is 111 Å². The summed E-state index contributed by atoms with van der Waals surface area (Å²) in [6.45, 7) is 4.49. The first kappa shape index (κ1) is 14.5. The first-order chi connectivity index (χ1) is 7.77. The lowest BCUT2D eigenvalue weighted by atomic mass is 9.80. The van der Waals surface area contributed by atoms with Gasteiger partial charge in [0, 0.05) is 12.1 Å².